The molecule has 1 heterocycles. The molecule has 112 valence electrons. The van der Waals surface area contributed by atoms with Crippen LogP contribution >= 0.6 is 0 Å². The molecule has 0 saturated carbocycles. The average molecular weight is 287 g/mol. The number of nitrogens with one attached hydrogen (secondary N) is 1. The molecule has 21 heavy (non-hydrogen) atoms. The van der Waals surface area contributed by atoms with Crippen molar-refractivity contribution in [1.29, 1.82) is 0 Å². The highest BCUT2D eigenvalue weighted by Crippen LogP contribution is 2.23. The Balaban J connectivity index is 2.10. The fraction of sp³-hybridized carbons (Fsp3) is 0.333. The maximum absolute atomic E-state index is 5.53. The Morgan fingerprint density at radius 2 is 2.05 bits per heavy atom. The molecule has 0 saturated heterocycles. The molecule has 0 aliphatic carbocycles. The lowest BCUT2D eigenvalue weighted by Gasteiger charge is -2.25. The van der Waals surface area contributed by atoms with Gasteiger partial charge in [0.15, 0.2) is 0 Å². The Bertz CT molecular complexity index is 571. The summed E-state index contributed by atoms with van der Waals surface area (Å²) in [6.45, 7) is 0.707. The second-order valence-electron chi connectivity index (χ2n) is 4.98. The Labute approximate surface area is 124 Å². The molecule has 1 aromatic heterocycles. The lowest BCUT2D eigenvalue weighted by molar-refractivity contribution is 0.310. The van der Waals surface area contributed by atoms with E-state index in [1.807, 2.05) is 38.4 Å². The molecule has 2 rings (SSSR count). The molecule has 1 aromatic carbocycles. The van der Waals surface area contributed by atoms with Crippen LogP contribution in [0.15, 0.2) is 36.4 Å². The summed E-state index contributed by atoms with van der Waals surface area (Å²) < 4.78 is 5.29. The van der Waals surface area contributed by atoms with Gasteiger partial charge in [-0.3, -0.25) is 0 Å². The summed E-state index contributed by atoms with van der Waals surface area (Å²) in [7, 11) is 5.76. The van der Waals surface area contributed by atoms with Gasteiger partial charge < -0.3 is 20.7 Å². The first kappa shape index (κ1) is 15.1. The first-order chi connectivity index (χ1) is 10.1. The molecule has 0 fully saturated rings. The highest BCUT2D eigenvalue weighted by molar-refractivity contribution is 5.39. The summed E-state index contributed by atoms with van der Waals surface area (Å²) in [5.41, 5.74) is 6.71. The molecule has 0 bridgehead atoms. The molecular weight excluding hydrogens is 266 g/mol. The van der Waals surface area contributed by atoms with Gasteiger partial charge in [-0.25, -0.2) is 0 Å². The number of likely N-dealkylation sites (N-methyl/N-ethyl adjacent to an activating group) is 1. The van der Waals surface area contributed by atoms with Gasteiger partial charge in [-0.05, 0) is 43.9 Å². The molecule has 0 aliphatic heterocycles. The third-order valence-corrected chi connectivity index (χ3v) is 3.26. The summed E-state index contributed by atoms with van der Waals surface area (Å²) in [4.78, 5) is 2.15. The van der Waals surface area contributed by atoms with Gasteiger partial charge in [0.05, 0.1) is 13.2 Å². The molecule has 0 spiro atoms. The Hall–Kier alpha value is -2.34. The molecule has 6 heteroatoms. The molecule has 1 unspecified atom stereocenters. The van der Waals surface area contributed by atoms with Crippen molar-refractivity contribution in [1.82, 2.24) is 15.1 Å². The Morgan fingerprint density at radius 1 is 1.24 bits per heavy atom. The van der Waals surface area contributed by atoms with Gasteiger partial charge >= 0.3 is 0 Å². The number of benzene rings is 1. The van der Waals surface area contributed by atoms with Crippen LogP contribution in [0.4, 0.5) is 11.6 Å². The third-order valence-electron chi connectivity index (χ3n) is 3.26. The first-order valence-electron chi connectivity index (χ1n) is 6.73. The second-order valence-corrected chi connectivity index (χ2v) is 4.98. The normalized spacial score (nSPS) is 12.2. The molecule has 0 radical (unpaired) electrons. The van der Waals surface area contributed by atoms with Crippen LogP contribution in [0.25, 0.3) is 0 Å². The highest BCUT2D eigenvalue weighted by Gasteiger charge is 2.14. The highest BCUT2D eigenvalue weighted by atomic mass is 16.5. The van der Waals surface area contributed by atoms with Gasteiger partial charge in [-0.1, -0.05) is 12.1 Å². The summed E-state index contributed by atoms with van der Waals surface area (Å²) in [6, 6.07) is 11.8. The molecule has 1 atom stereocenters. The van der Waals surface area contributed by atoms with Gasteiger partial charge in [0.2, 0.25) is 0 Å². The summed E-state index contributed by atoms with van der Waals surface area (Å²) in [5, 5.41) is 11.1. The van der Waals surface area contributed by atoms with Crippen molar-refractivity contribution in [3.8, 4) is 5.75 Å². The van der Waals surface area contributed by atoms with E-state index in [9.17, 15) is 0 Å². The van der Waals surface area contributed by atoms with Crippen molar-refractivity contribution in [2.24, 2.45) is 0 Å². The van der Waals surface area contributed by atoms with E-state index < -0.39 is 0 Å². The van der Waals surface area contributed by atoms with E-state index in [0.717, 1.165) is 5.75 Å². The van der Waals surface area contributed by atoms with Crippen molar-refractivity contribution in [3.05, 3.63) is 42.0 Å². The Morgan fingerprint density at radius 3 is 2.67 bits per heavy atom. The van der Waals surface area contributed by atoms with Crippen LogP contribution in [-0.4, -0.2) is 42.8 Å². The standard InChI is InChI=1S/C15H21N5O/c1-20(2)13(11-5-4-6-12(9-11)21-3)10-17-15-8-7-14(16)18-19-15/h4-9,13H,10H2,1-3H3,(H2,16,18)(H,17,19). The molecular formula is C15H21N5O. The van der Waals surface area contributed by atoms with Crippen LogP contribution < -0.4 is 15.8 Å². The fourth-order valence-corrected chi connectivity index (χ4v) is 2.09. The number of rotatable bonds is 6. The van der Waals surface area contributed by atoms with Crippen molar-refractivity contribution in [3.63, 3.8) is 0 Å². The van der Waals surface area contributed by atoms with Crippen LogP contribution in [0, 0.1) is 0 Å². The number of aromatic nitrogens is 2. The van der Waals surface area contributed by atoms with E-state index >= 15 is 0 Å². The number of anilines is 2. The number of nitrogens with zero attached hydrogens (tertiary/aromatic N) is 3. The quantitative estimate of drug-likeness (QED) is 0.843. The predicted molar refractivity (Wildman–Crippen MR) is 84.4 cm³/mol. The van der Waals surface area contributed by atoms with Crippen LogP contribution in [0.2, 0.25) is 0 Å². The monoisotopic (exact) mass is 287 g/mol. The Kier molecular flexibility index (Phi) is 4.94. The number of hydrogen-bond donors (Lipinski definition) is 2. The summed E-state index contributed by atoms with van der Waals surface area (Å²) >= 11 is 0. The van der Waals surface area contributed by atoms with Gasteiger partial charge in [0.25, 0.3) is 0 Å². The van der Waals surface area contributed by atoms with Crippen LogP contribution in [0.5, 0.6) is 5.75 Å². The van der Waals surface area contributed by atoms with E-state index in [-0.39, 0.29) is 6.04 Å². The van der Waals surface area contributed by atoms with E-state index in [1.165, 1.54) is 5.56 Å². The van der Waals surface area contributed by atoms with E-state index in [4.69, 9.17) is 10.5 Å². The average Bonchev–Trinajstić information content (AvgIpc) is 2.49. The van der Waals surface area contributed by atoms with E-state index in [0.29, 0.717) is 18.2 Å². The van der Waals surface area contributed by atoms with Gasteiger partial charge in [-0.2, -0.15) is 0 Å². The first-order valence-corrected chi connectivity index (χ1v) is 6.73. The molecule has 3 N–H and O–H groups in total. The molecule has 2 aromatic rings. The lowest BCUT2D eigenvalue weighted by atomic mass is 10.1. The zero-order valence-corrected chi connectivity index (χ0v) is 12.6. The molecule has 0 amide bonds. The minimum absolute atomic E-state index is 0.194. The zero-order valence-electron chi connectivity index (χ0n) is 12.6. The van der Waals surface area contributed by atoms with Crippen molar-refractivity contribution in [2.75, 3.05) is 38.8 Å². The largest absolute Gasteiger partial charge is 0.497 e. The van der Waals surface area contributed by atoms with Crippen molar-refractivity contribution in [2.45, 2.75) is 6.04 Å². The lowest BCUT2D eigenvalue weighted by Crippen LogP contribution is -2.27. The maximum atomic E-state index is 5.53. The van der Waals surface area contributed by atoms with Gasteiger partial charge in [0, 0.05) is 6.54 Å². The number of nitrogens with two attached hydrogens (primary N) is 1. The fourth-order valence-electron chi connectivity index (χ4n) is 2.09. The van der Waals surface area contributed by atoms with Crippen molar-refractivity contribution >= 4 is 11.6 Å². The molecule has 6 nitrogen and oxygen atoms in total. The predicted octanol–water partition coefficient (Wildman–Crippen LogP) is 1.78. The van der Waals surface area contributed by atoms with Crippen LogP contribution in [0.3, 0.4) is 0 Å². The van der Waals surface area contributed by atoms with Gasteiger partial charge in [0.1, 0.15) is 17.4 Å². The minimum Gasteiger partial charge on any atom is -0.497 e. The number of hydrogen-bond acceptors (Lipinski definition) is 6. The van der Waals surface area contributed by atoms with Gasteiger partial charge in [-0.15, -0.1) is 10.2 Å². The zero-order chi connectivity index (χ0) is 15.2. The van der Waals surface area contributed by atoms with E-state index in [2.05, 4.69) is 26.5 Å². The number of methoxy groups -OCH3 is 1. The molecule has 0 aliphatic rings. The number of ether oxygens (including phenoxy) is 1. The summed E-state index contributed by atoms with van der Waals surface area (Å²) in [5.74, 6) is 1.98. The topological polar surface area (TPSA) is 76.3 Å². The minimum atomic E-state index is 0.194. The van der Waals surface area contributed by atoms with Crippen LogP contribution in [0.1, 0.15) is 11.6 Å². The third kappa shape index (κ3) is 4.06. The summed E-state index contributed by atoms with van der Waals surface area (Å²) in [6.07, 6.45) is 0. The van der Waals surface area contributed by atoms with Crippen molar-refractivity contribution < 1.29 is 4.74 Å². The SMILES string of the molecule is COc1cccc(C(CNc2ccc(N)nn2)N(C)C)c1. The smallest absolute Gasteiger partial charge is 0.148 e. The van der Waals surface area contributed by atoms with E-state index in [1.54, 1.807) is 13.2 Å². The second kappa shape index (κ2) is 6.90. The maximum Gasteiger partial charge on any atom is 0.148 e. The van der Waals surface area contributed by atoms with Crippen LogP contribution in [-0.2, 0) is 0 Å². The number of nitrogen functional groups attached to an aromatic ring is 1.